The van der Waals surface area contributed by atoms with Gasteiger partial charge >= 0.3 is 5.82 Å². The third kappa shape index (κ3) is 3.03. The number of hydrogen-bond acceptors (Lipinski definition) is 5. The third-order valence-corrected chi connectivity index (χ3v) is 2.74. The Labute approximate surface area is 116 Å². The van der Waals surface area contributed by atoms with Crippen molar-refractivity contribution in [2.45, 2.75) is 13.5 Å². The number of hydrogen-bond donors (Lipinski definition) is 0. The molecule has 0 bridgehead atoms. The molecule has 20 heavy (non-hydrogen) atoms. The molecule has 0 amide bonds. The first-order valence-electron chi connectivity index (χ1n) is 5.97. The minimum atomic E-state index is -0.567. The lowest BCUT2D eigenvalue weighted by molar-refractivity contribution is -0.390. The molecule has 0 saturated heterocycles. The van der Waals surface area contributed by atoms with Crippen LogP contribution in [0.4, 0.5) is 5.82 Å². The standard InChI is InChI=1S/C14H14N2O4/c1-10-5-6-12(19-2)11(8-10)9-20-13-4-3-7-15-14(13)16(17)18/h3-8H,9H2,1-2H3. The fourth-order valence-corrected chi connectivity index (χ4v) is 1.81. The fourth-order valence-electron chi connectivity index (χ4n) is 1.81. The van der Waals surface area contributed by atoms with Gasteiger partial charge < -0.3 is 19.6 Å². The van der Waals surface area contributed by atoms with Gasteiger partial charge in [0.15, 0.2) is 0 Å². The van der Waals surface area contributed by atoms with Crippen molar-refractivity contribution < 1.29 is 14.4 Å². The van der Waals surface area contributed by atoms with Gasteiger partial charge in [-0.1, -0.05) is 11.6 Å². The van der Waals surface area contributed by atoms with Gasteiger partial charge in [-0.2, -0.15) is 0 Å². The van der Waals surface area contributed by atoms with Gasteiger partial charge in [-0.3, -0.25) is 0 Å². The lowest BCUT2D eigenvalue weighted by atomic mass is 10.1. The minimum Gasteiger partial charge on any atom is -0.496 e. The van der Waals surface area contributed by atoms with E-state index in [1.54, 1.807) is 13.2 Å². The average Bonchev–Trinajstić information content (AvgIpc) is 2.45. The molecular weight excluding hydrogens is 260 g/mol. The number of ether oxygens (including phenoxy) is 2. The maximum Gasteiger partial charge on any atom is 0.406 e. The number of nitrogens with zero attached hydrogens (tertiary/aromatic N) is 2. The van der Waals surface area contributed by atoms with Gasteiger partial charge in [-0.05, 0) is 41.1 Å². The fraction of sp³-hybridized carbons (Fsp3) is 0.214. The topological polar surface area (TPSA) is 74.5 Å². The Balaban J connectivity index is 2.21. The number of benzene rings is 1. The molecule has 104 valence electrons. The molecule has 0 atom stereocenters. The molecule has 1 aromatic heterocycles. The van der Waals surface area contributed by atoms with E-state index in [2.05, 4.69) is 4.98 Å². The molecule has 0 unspecified atom stereocenters. The van der Waals surface area contributed by atoms with Crippen molar-refractivity contribution in [1.82, 2.24) is 4.98 Å². The maximum atomic E-state index is 10.8. The van der Waals surface area contributed by atoms with Gasteiger partial charge in [0.05, 0.1) is 7.11 Å². The zero-order valence-corrected chi connectivity index (χ0v) is 11.2. The molecule has 1 aromatic carbocycles. The largest absolute Gasteiger partial charge is 0.496 e. The van der Waals surface area contributed by atoms with Crippen molar-refractivity contribution in [1.29, 1.82) is 0 Å². The normalized spacial score (nSPS) is 10.1. The molecule has 0 N–H and O–H groups in total. The predicted octanol–water partition coefficient (Wildman–Crippen LogP) is 2.89. The molecule has 0 spiro atoms. The lowest BCUT2D eigenvalue weighted by Crippen LogP contribution is -2.02. The number of pyridine rings is 1. The summed E-state index contributed by atoms with van der Waals surface area (Å²) in [6.45, 7) is 2.13. The van der Waals surface area contributed by atoms with E-state index in [9.17, 15) is 10.1 Å². The molecule has 0 fully saturated rings. The van der Waals surface area contributed by atoms with E-state index >= 15 is 0 Å². The number of aryl methyl sites for hydroxylation is 1. The van der Waals surface area contributed by atoms with Crippen LogP contribution in [0.2, 0.25) is 0 Å². The Morgan fingerprint density at radius 3 is 2.80 bits per heavy atom. The van der Waals surface area contributed by atoms with Crippen molar-refractivity contribution in [3.05, 3.63) is 57.8 Å². The molecule has 0 aliphatic heterocycles. The molecule has 0 aliphatic rings. The first-order chi connectivity index (χ1) is 9.61. The Morgan fingerprint density at radius 2 is 2.10 bits per heavy atom. The highest BCUT2D eigenvalue weighted by Crippen LogP contribution is 2.26. The van der Waals surface area contributed by atoms with E-state index in [4.69, 9.17) is 9.47 Å². The first-order valence-corrected chi connectivity index (χ1v) is 5.97. The summed E-state index contributed by atoms with van der Waals surface area (Å²) in [7, 11) is 1.57. The van der Waals surface area contributed by atoms with Crippen LogP contribution in [0.3, 0.4) is 0 Å². The second-order valence-electron chi connectivity index (χ2n) is 4.19. The van der Waals surface area contributed by atoms with Gasteiger partial charge in [0, 0.05) is 5.56 Å². The van der Waals surface area contributed by atoms with Crippen LogP contribution < -0.4 is 9.47 Å². The molecule has 0 radical (unpaired) electrons. The lowest BCUT2D eigenvalue weighted by Gasteiger charge is -2.10. The second kappa shape index (κ2) is 6.01. The van der Waals surface area contributed by atoms with Crippen LogP contribution in [-0.4, -0.2) is 17.0 Å². The van der Waals surface area contributed by atoms with Crippen LogP contribution in [0.1, 0.15) is 11.1 Å². The molecule has 6 heteroatoms. The van der Waals surface area contributed by atoms with Crippen molar-refractivity contribution in [3.8, 4) is 11.5 Å². The van der Waals surface area contributed by atoms with Crippen molar-refractivity contribution in [2.75, 3.05) is 7.11 Å². The third-order valence-electron chi connectivity index (χ3n) is 2.74. The zero-order valence-electron chi connectivity index (χ0n) is 11.2. The van der Waals surface area contributed by atoms with E-state index in [-0.39, 0.29) is 18.2 Å². The Bertz CT molecular complexity index is 628. The van der Waals surface area contributed by atoms with Crippen molar-refractivity contribution in [3.63, 3.8) is 0 Å². The summed E-state index contributed by atoms with van der Waals surface area (Å²) in [4.78, 5) is 14.0. The van der Waals surface area contributed by atoms with E-state index in [0.29, 0.717) is 5.75 Å². The van der Waals surface area contributed by atoms with Gasteiger partial charge in [-0.15, -0.1) is 0 Å². The zero-order chi connectivity index (χ0) is 14.5. The van der Waals surface area contributed by atoms with E-state index in [1.165, 1.54) is 12.3 Å². The molecule has 0 saturated carbocycles. The smallest absolute Gasteiger partial charge is 0.406 e. The monoisotopic (exact) mass is 274 g/mol. The van der Waals surface area contributed by atoms with E-state index in [0.717, 1.165) is 11.1 Å². The quantitative estimate of drug-likeness (QED) is 0.619. The van der Waals surface area contributed by atoms with E-state index < -0.39 is 4.92 Å². The minimum absolute atomic E-state index is 0.140. The SMILES string of the molecule is COc1ccc(C)cc1COc1cccnc1[N+](=O)[O-]. The Hall–Kier alpha value is -2.63. The molecule has 6 nitrogen and oxygen atoms in total. The molecule has 2 aromatic rings. The summed E-state index contributed by atoms with van der Waals surface area (Å²) in [6, 6.07) is 8.80. The summed E-state index contributed by atoms with van der Waals surface area (Å²) < 4.78 is 10.7. The maximum absolute atomic E-state index is 10.8. The van der Waals surface area contributed by atoms with Gasteiger partial charge in [0.2, 0.25) is 5.75 Å². The van der Waals surface area contributed by atoms with Crippen LogP contribution in [0, 0.1) is 17.0 Å². The Morgan fingerprint density at radius 1 is 1.30 bits per heavy atom. The Kier molecular flexibility index (Phi) is 4.14. The van der Waals surface area contributed by atoms with E-state index in [1.807, 2.05) is 25.1 Å². The first kappa shape index (κ1) is 13.8. The highest BCUT2D eigenvalue weighted by atomic mass is 16.6. The predicted molar refractivity (Wildman–Crippen MR) is 73.0 cm³/mol. The summed E-state index contributed by atoms with van der Waals surface area (Å²) in [6.07, 6.45) is 1.36. The highest BCUT2D eigenvalue weighted by Gasteiger charge is 2.16. The van der Waals surface area contributed by atoms with Crippen LogP contribution in [0.25, 0.3) is 0 Å². The molecule has 0 aliphatic carbocycles. The highest BCUT2D eigenvalue weighted by molar-refractivity contribution is 5.40. The molecule has 1 heterocycles. The van der Waals surface area contributed by atoms with Crippen LogP contribution >= 0.6 is 0 Å². The van der Waals surface area contributed by atoms with Gasteiger partial charge in [0.25, 0.3) is 0 Å². The number of rotatable bonds is 5. The number of aromatic nitrogens is 1. The molecular formula is C14H14N2O4. The van der Waals surface area contributed by atoms with Gasteiger partial charge in [0.1, 0.15) is 18.6 Å². The van der Waals surface area contributed by atoms with Crippen LogP contribution in [0.15, 0.2) is 36.5 Å². The summed E-state index contributed by atoms with van der Waals surface area (Å²) >= 11 is 0. The van der Waals surface area contributed by atoms with Crippen molar-refractivity contribution in [2.24, 2.45) is 0 Å². The average molecular weight is 274 g/mol. The van der Waals surface area contributed by atoms with Gasteiger partial charge in [-0.25, -0.2) is 0 Å². The number of methoxy groups -OCH3 is 1. The summed E-state index contributed by atoms with van der Waals surface area (Å²) in [5, 5.41) is 10.8. The van der Waals surface area contributed by atoms with Crippen molar-refractivity contribution >= 4 is 5.82 Å². The number of nitro groups is 1. The molecule has 2 rings (SSSR count). The van der Waals surface area contributed by atoms with Crippen LogP contribution in [-0.2, 0) is 6.61 Å². The summed E-state index contributed by atoms with van der Waals surface area (Å²) in [5.41, 5.74) is 1.88. The van der Waals surface area contributed by atoms with Crippen LogP contribution in [0.5, 0.6) is 11.5 Å². The summed E-state index contributed by atoms with van der Waals surface area (Å²) in [5.74, 6) is 0.530. The second-order valence-corrected chi connectivity index (χ2v) is 4.19.